The zero-order valence-electron chi connectivity index (χ0n) is 13.9. The first-order valence-electron chi connectivity index (χ1n) is 7.62. The van der Waals surface area contributed by atoms with E-state index in [1.54, 1.807) is 18.2 Å². The molecule has 0 bridgehead atoms. The molecular weight excluding hydrogens is 366 g/mol. The average molecular weight is 379 g/mol. The van der Waals surface area contributed by atoms with E-state index in [4.69, 9.17) is 5.73 Å². The highest BCUT2D eigenvalue weighted by Gasteiger charge is 2.38. The van der Waals surface area contributed by atoms with Crippen LogP contribution in [0.3, 0.4) is 0 Å². The summed E-state index contributed by atoms with van der Waals surface area (Å²) in [5.74, 6) is -3.58. The van der Waals surface area contributed by atoms with Crippen LogP contribution in [0.1, 0.15) is 11.3 Å². The highest BCUT2D eigenvalue weighted by atomic mass is 19.4. The van der Waals surface area contributed by atoms with Gasteiger partial charge in [0.1, 0.15) is 0 Å². The Kier molecular flexibility index (Phi) is 4.56. The van der Waals surface area contributed by atoms with Gasteiger partial charge in [-0.15, -0.1) is 0 Å². The molecular formula is C17H13F4N5O. The molecule has 4 N–H and O–H groups in total. The van der Waals surface area contributed by atoms with Gasteiger partial charge in [0.25, 0.3) is 0 Å². The lowest BCUT2D eigenvalue weighted by Crippen LogP contribution is -2.23. The van der Waals surface area contributed by atoms with Gasteiger partial charge in [-0.25, -0.2) is 14.2 Å². The Morgan fingerprint density at radius 3 is 2.41 bits per heavy atom. The Morgan fingerprint density at radius 2 is 1.70 bits per heavy atom. The second kappa shape index (κ2) is 6.71. The van der Waals surface area contributed by atoms with Gasteiger partial charge in [0.15, 0.2) is 17.3 Å². The number of amides is 2. The van der Waals surface area contributed by atoms with Gasteiger partial charge in [0.2, 0.25) is 5.95 Å². The first-order valence-corrected chi connectivity index (χ1v) is 7.62. The van der Waals surface area contributed by atoms with Crippen LogP contribution in [0.2, 0.25) is 0 Å². The number of rotatable bonds is 2. The molecule has 0 aliphatic heterocycles. The van der Waals surface area contributed by atoms with Crippen LogP contribution in [0.5, 0.6) is 0 Å². The molecule has 0 unspecified atom stereocenters. The number of halogens is 4. The summed E-state index contributed by atoms with van der Waals surface area (Å²) in [5, 5.41) is 6.28. The molecule has 0 saturated carbocycles. The molecule has 0 aliphatic carbocycles. The van der Waals surface area contributed by atoms with Crippen LogP contribution < -0.4 is 16.4 Å². The van der Waals surface area contributed by atoms with Crippen LogP contribution in [0.25, 0.3) is 10.8 Å². The van der Waals surface area contributed by atoms with Crippen LogP contribution in [0, 0.1) is 12.7 Å². The van der Waals surface area contributed by atoms with Crippen molar-refractivity contribution < 1.29 is 22.4 Å². The molecule has 3 rings (SSSR count). The summed E-state index contributed by atoms with van der Waals surface area (Å²) in [6.45, 7) is 1.95. The van der Waals surface area contributed by atoms with E-state index in [1.807, 2.05) is 30.4 Å². The number of hydrogen-bond acceptors (Lipinski definition) is 4. The molecule has 2 amide bonds. The molecule has 0 saturated heterocycles. The highest BCUT2D eigenvalue weighted by Crippen LogP contribution is 2.32. The van der Waals surface area contributed by atoms with Gasteiger partial charge >= 0.3 is 12.2 Å². The Morgan fingerprint density at radius 1 is 1.04 bits per heavy atom. The molecule has 0 radical (unpaired) electrons. The largest absolute Gasteiger partial charge is 0.436 e. The fourth-order valence-electron chi connectivity index (χ4n) is 2.41. The van der Waals surface area contributed by atoms with E-state index in [2.05, 4.69) is 15.3 Å². The molecule has 140 valence electrons. The van der Waals surface area contributed by atoms with E-state index in [0.29, 0.717) is 5.69 Å². The van der Waals surface area contributed by atoms with Gasteiger partial charge in [-0.1, -0.05) is 29.8 Å². The summed E-state index contributed by atoms with van der Waals surface area (Å²) in [5.41, 5.74) is 4.74. The Hall–Kier alpha value is -3.43. The van der Waals surface area contributed by atoms with Crippen molar-refractivity contribution in [3.63, 3.8) is 0 Å². The van der Waals surface area contributed by atoms with Crippen molar-refractivity contribution >= 4 is 34.3 Å². The number of carbonyl (C=O) groups excluding carboxylic acids is 1. The number of aryl methyl sites for hydroxylation is 1. The average Bonchev–Trinajstić information content (AvgIpc) is 2.57. The summed E-state index contributed by atoms with van der Waals surface area (Å²) < 4.78 is 51.7. The molecule has 0 spiro atoms. The summed E-state index contributed by atoms with van der Waals surface area (Å²) in [7, 11) is 0. The minimum Gasteiger partial charge on any atom is -0.381 e. The van der Waals surface area contributed by atoms with Crippen molar-refractivity contribution in [1.29, 1.82) is 0 Å². The van der Waals surface area contributed by atoms with Gasteiger partial charge < -0.3 is 11.1 Å². The fourth-order valence-corrected chi connectivity index (χ4v) is 2.41. The number of aromatic nitrogens is 2. The minimum absolute atomic E-state index is 0.398. The molecule has 27 heavy (non-hydrogen) atoms. The Labute approximate surface area is 150 Å². The van der Waals surface area contributed by atoms with Crippen molar-refractivity contribution in [2.24, 2.45) is 0 Å². The van der Waals surface area contributed by atoms with Crippen LogP contribution in [0.15, 0.2) is 36.4 Å². The van der Waals surface area contributed by atoms with Crippen molar-refractivity contribution in [1.82, 2.24) is 9.97 Å². The maximum atomic E-state index is 13.4. The summed E-state index contributed by atoms with van der Waals surface area (Å²) >= 11 is 0. The van der Waals surface area contributed by atoms with Crippen molar-refractivity contribution in [3.05, 3.63) is 53.5 Å². The number of nitrogens with zero attached hydrogens (tertiary/aromatic N) is 2. The van der Waals surface area contributed by atoms with Gasteiger partial charge in [-0.05, 0) is 29.8 Å². The van der Waals surface area contributed by atoms with Crippen molar-refractivity contribution in [2.45, 2.75) is 13.1 Å². The standard InChI is InChI=1S/C17H13F4N5O/c1-8-2-3-10-7-11(5-4-9(10)6-8)23-16(27)26-15-24-13(17(19,20)21)12(18)14(22)25-15/h2-7H,1H3,(H4,22,23,24,25,26,27). The zero-order valence-corrected chi connectivity index (χ0v) is 13.9. The topological polar surface area (TPSA) is 92.9 Å². The first-order chi connectivity index (χ1) is 12.6. The highest BCUT2D eigenvalue weighted by molar-refractivity contribution is 6.00. The quantitative estimate of drug-likeness (QED) is 0.578. The third-order valence-electron chi connectivity index (χ3n) is 3.62. The van der Waals surface area contributed by atoms with Crippen molar-refractivity contribution in [2.75, 3.05) is 16.4 Å². The molecule has 1 aromatic heterocycles. The molecule has 6 nitrogen and oxygen atoms in total. The summed E-state index contributed by atoms with van der Waals surface area (Å²) in [6, 6.07) is 9.94. The second-order valence-electron chi connectivity index (χ2n) is 5.74. The van der Waals surface area contributed by atoms with Crippen LogP contribution in [0.4, 0.5) is 39.8 Å². The number of nitrogens with one attached hydrogen (secondary N) is 2. The monoisotopic (exact) mass is 379 g/mol. The number of nitrogen functional groups attached to an aromatic ring is 1. The van der Waals surface area contributed by atoms with Gasteiger partial charge in [0, 0.05) is 5.69 Å². The predicted molar refractivity (Wildman–Crippen MR) is 92.7 cm³/mol. The fraction of sp³-hybridized carbons (Fsp3) is 0.118. The maximum Gasteiger partial charge on any atom is 0.436 e. The molecule has 1 heterocycles. The third kappa shape index (κ3) is 4.05. The number of carbonyl (C=O) groups is 1. The normalized spacial score (nSPS) is 11.4. The minimum atomic E-state index is -5.08. The van der Waals surface area contributed by atoms with E-state index < -0.39 is 35.5 Å². The molecule has 0 aliphatic rings. The van der Waals surface area contributed by atoms with E-state index in [9.17, 15) is 22.4 Å². The number of benzene rings is 2. The molecule has 3 aromatic rings. The lowest BCUT2D eigenvalue weighted by atomic mass is 10.1. The van der Waals surface area contributed by atoms with E-state index in [-0.39, 0.29) is 0 Å². The van der Waals surface area contributed by atoms with E-state index >= 15 is 0 Å². The molecule has 2 aromatic carbocycles. The zero-order chi connectivity index (χ0) is 19.8. The number of alkyl halides is 3. The van der Waals surface area contributed by atoms with E-state index in [0.717, 1.165) is 16.3 Å². The lowest BCUT2D eigenvalue weighted by Gasteiger charge is -2.11. The van der Waals surface area contributed by atoms with E-state index in [1.165, 1.54) is 0 Å². The second-order valence-corrected chi connectivity index (χ2v) is 5.74. The maximum absolute atomic E-state index is 13.4. The smallest absolute Gasteiger partial charge is 0.381 e. The third-order valence-corrected chi connectivity index (χ3v) is 3.62. The SMILES string of the molecule is Cc1ccc2cc(NC(=O)Nc3nc(N)c(F)c(C(F)(F)F)n3)ccc2c1. The molecule has 0 atom stereocenters. The summed E-state index contributed by atoms with van der Waals surface area (Å²) in [6.07, 6.45) is -5.08. The van der Waals surface area contributed by atoms with Crippen LogP contribution in [-0.4, -0.2) is 16.0 Å². The summed E-state index contributed by atoms with van der Waals surface area (Å²) in [4.78, 5) is 18.3. The Balaban J connectivity index is 1.80. The van der Waals surface area contributed by atoms with Gasteiger partial charge in [-0.3, -0.25) is 5.32 Å². The molecule has 0 fully saturated rings. The van der Waals surface area contributed by atoms with Gasteiger partial charge in [-0.2, -0.15) is 18.2 Å². The van der Waals surface area contributed by atoms with Crippen LogP contribution in [-0.2, 0) is 6.18 Å². The number of urea groups is 1. The number of hydrogen-bond donors (Lipinski definition) is 3. The van der Waals surface area contributed by atoms with Crippen LogP contribution >= 0.6 is 0 Å². The predicted octanol–water partition coefficient (Wildman–Crippen LogP) is 4.32. The number of nitrogens with two attached hydrogens (primary N) is 1. The lowest BCUT2D eigenvalue weighted by molar-refractivity contribution is -0.143. The number of anilines is 3. The van der Waals surface area contributed by atoms with Crippen molar-refractivity contribution in [3.8, 4) is 0 Å². The first kappa shape index (κ1) is 18.4. The number of fused-ring (bicyclic) bond motifs is 1. The van der Waals surface area contributed by atoms with Gasteiger partial charge in [0.05, 0.1) is 0 Å². The Bertz CT molecular complexity index is 1040. The molecule has 10 heteroatoms.